The smallest absolute Gasteiger partial charge is 0.251 e. The number of fused-ring (bicyclic) bond motifs is 5. The SMILES string of the molecule is COc1cc2cc(c1)C(=O)NCCCC(=O)N[C@H]1CN(Cc3ccnc(C(C)C)n3)CC[C@@H]1OCc1cccc(c1)O2. The first-order valence-corrected chi connectivity index (χ1v) is 14.6. The molecule has 2 aromatic carbocycles. The molecule has 10 nitrogen and oxygen atoms in total. The van der Waals surface area contributed by atoms with E-state index in [1.165, 1.54) is 0 Å². The van der Waals surface area contributed by atoms with E-state index < -0.39 is 0 Å². The summed E-state index contributed by atoms with van der Waals surface area (Å²) in [5, 5.41) is 6.12. The molecule has 2 amide bonds. The molecule has 0 radical (unpaired) electrons. The summed E-state index contributed by atoms with van der Waals surface area (Å²) in [6, 6.07) is 14.5. The van der Waals surface area contributed by atoms with Gasteiger partial charge in [0.05, 0.1) is 31.6 Å². The third-order valence-electron chi connectivity index (χ3n) is 7.46. The van der Waals surface area contributed by atoms with Crippen LogP contribution in [0.25, 0.3) is 0 Å². The van der Waals surface area contributed by atoms with Gasteiger partial charge in [-0.1, -0.05) is 26.0 Å². The standard InChI is InChI=1S/C32H39N5O5/c1-21(2)31-33-12-9-24(35-31)18-37-13-10-29-28(19-37)36-30(38)8-5-11-34-32(39)23-15-26(40-3)17-27(16-23)42-25-7-4-6-22(14-25)20-41-29/h4,6-7,9,12,14-17,21,28-29H,5,8,10-11,13,18-20H2,1-3H3,(H,34,39)(H,36,38)/t28-,29-/m0/s1. The Hall–Kier alpha value is -4.02. The maximum absolute atomic E-state index is 13.0. The van der Waals surface area contributed by atoms with Crippen LogP contribution in [0.1, 0.15) is 66.5 Å². The summed E-state index contributed by atoms with van der Waals surface area (Å²) < 4.78 is 17.9. The summed E-state index contributed by atoms with van der Waals surface area (Å²) >= 11 is 0. The Morgan fingerprint density at radius 2 is 2.00 bits per heavy atom. The van der Waals surface area contributed by atoms with E-state index in [-0.39, 0.29) is 29.9 Å². The molecule has 4 bridgehead atoms. The number of benzene rings is 2. The lowest BCUT2D eigenvalue weighted by Gasteiger charge is -2.38. The van der Waals surface area contributed by atoms with Gasteiger partial charge in [0.1, 0.15) is 23.1 Å². The van der Waals surface area contributed by atoms with E-state index in [9.17, 15) is 9.59 Å². The first kappa shape index (κ1) is 29.5. The first-order valence-electron chi connectivity index (χ1n) is 14.6. The Labute approximate surface area is 246 Å². The minimum absolute atomic E-state index is 0.0611. The maximum Gasteiger partial charge on any atom is 0.251 e. The molecule has 2 aliphatic heterocycles. The summed E-state index contributed by atoms with van der Waals surface area (Å²) in [5.41, 5.74) is 2.34. The fraction of sp³-hybridized carbons (Fsp3) is 0.438. The Kier molecular flexibility index (Phi) is 9.66. The average molecular weight is 574 g/mol. The number of carbonyl (C=O) groups excluding carboxylic acids is 2. The van der Waals surface area contributed by atoms with E-state index in [1.807, 2.05) is 36.5 Å². The zero-order valence-electron chi connectivity index (χ0n) is 24.5. The number of hydrogen-bond acceptors (Lipinski definition) is 8. The number of nitrogens with zero attached hydrogens (tertiary/aromatic N) is 3. The molecule has 222 valence electrons. The summed E-state index contributed by atoms with van der Waals surface area (Å²) in [5.74, 6) is 2.41. The van der Waals surface area contributed by atoms with E-state index in [4.69, 9.17) is 19.2 Å². The zero-order valence-corrected chi connectivity index (χ0v) is 24.5. The van der Waals surface area contributed by atoms with Gasteiger partial charge >= 0.3 is 0 Å². The summed E-state index contributed by atoms with van der Waals surface area (Å²) in [4.78, 5) is 37.3. The van der Waals surface area contributed by atoms with Gasteiger partial charge in [-0.3, -0.25) is 14.5 Å². The Morgan fingerprint density at radius 1 is 1.12 bits per heavy atom. The maximum atomic E-state index is 13.0. The van der Waals surface area contributed by atoms with Crippen LogP contribution in [0.5, 0.6) is 17.2 Å². The number of carbonyl (C=O) groups is 2. The molecule has 0 spiro atoms. The van der Waals surface area contributed by atoms with Crippen molar-refractivity contribution in [3.05, 3.63) is 77.4 Å². The predicted molar refractivity (Wildman–Crippen MR) is 158 cm³/mol. The van der Waals surface area contributed by atoms with Gasteiger partial charge in [0.25, 0.3) is 5.91 Å². The van der Waals surface area contributed by atoms with Crippen LogP contribution < -0.4 is 20.1 Å². The van der Waals surface area contributed by atoms with Crippen molar-refractivity contribution in [3.63, 3.8) is 0 Å². The van der Waals surface area contributed by atoms with Gasteiger partial charge in [-0.05, 0) is 48.7 Å². The molecule has 2 atom stereocenters. The number of nitrogens with one attached hydrogen (secondary N) is 2. The van der Waals surface area contributed by atoms with Gasteiger partial charge in [-0.2, -0.15) is 0 Å². The molecule has 42 heavy (non-hydrogen) atoms. The van der Waals surface area contributed by atoms with Crippen LogP contribution in [0.4, 0.5) is 0 Å². The molecule has 3 aromatic rings. The van der Waals surface area contributed by atoms with Crippen molar-refractivity contribution in [2.45, 2.75) is 64.3 Å². The molecule has 3 heterocycles. The van der Waals surface area contributed by atoms with Crippen molar-refractivity contribution in [1.82, 2.24) is 25.5 Å². The first-order chi connectivity index (χ1) is 20.4. The Bertz CT molecular complexity index is 1400. The molecule has 5 rings (SSSR count). The number of amides is 2. The number of aromatic nitrogens is 2. The van der Waals surface area contributed by atoms with Crippen molar-refractivity contribution < 1.29 is 23.8 Å². The lowest BCUT2D eigenvalue weighted by atomic mass is 10.0. The van der Waals surface area contributed by atoms with Gasteiger partial charge < -0.3 is 24.8 Å². The lowest BCUT2D eigenvalue weighted by Crippen LogP contribution is -2.55. The second-order valence-corrected chi connectivity index (χ2v) is 11.1. The zero-order chi connectivity index (χ0) is 29.5. The van der Waals surface area contributed by atoms with Gasteiger partial charge in [-0.15, -0.1) is 0 Å². The summed E-state index contributed by atoms with van der Waals surface area (Å²) in [7, 11) is 1.55. The van der Waals surface area contributed by atoms with Crippen LogP contribution in [0.3, 0.4) is 0 Å². The van der Waals surface area contributed by atoms with Crippen LogP contribution in [0.2, 0.25) is 0 Å². The van der Waals surface area contributed by atoms with E-state index in [0.29, 0.717) is 61.9 Å². The van der Waals surface area contributed by atoms with Crippen LogP contribution in [0.15, 0.2) is 54.7 Å². The topological polar surface area (TPSA) is 115 Å². The van der Waals surface area contributed by atoms with Gasteiger partial charge in [0, 0.05) is 56.3 Å². The van der Waals surface area contributed by atoms with Crippen LogP contribution >= 0.6 is 0 Å². The predicted octanol–water partition coefficient (Wildman–Crippen LogP) is 4.20. The molecule has 0 saturated carbocycles. The fourth-order valence-electron chi connectivity index (χ4n) is 5.24. The van der Waals surface area contributed by atoms with Gasteiger partial charge in [0.2, 0.25) is 5.91 Å². The van der Waals surface area contributed by atoms with Crippen LogP contribution in [-0.4, -0.2) is 65.6 Å². The number of likely N-dealkylation sites (tertiary alicyclic amines) is 1. The fourth-order valence-corrected chi connectivity index (χ4v) is 5.24. The second-order valence-electron chi connectivity index (χ2n) is 11.1. The molecule has 1 fully saturated rings. The lowest BCUT2D eigenvalue weighted by molar-refractivity contribution is -0.124. The molecule has 2 aliphatic rings. The van der Waals surface area contributed by atoms with Gasteiger partial charge in [0.15, 0.2) is 0 Å². The molecule has 10 heteroatoms. The normalized spacial score (nSPS) is 20.4. The number of rotatable bonds is 4. The Morgan fingerprint density at radius 3 is 2.83 bits per heavy atom. The highest BCUT2D eigenvalue weighted by Gasteiger charge is 2.31. The largest absolute Gasteiger partial charge is 0.497 e. The minimum atomic E-state index is -0.254. The quantitative estimate of drug-likeness (QED) is 0.477. The summed E-state index contributed by atoms with van der Waals surface area (Å²) in [6.45, 7) is 7.06. The highest BCUT2D eigenvalue weighted by atomic mass is 16.5. The summed E-state index contributed by atoms with van der Waals surface area (Å²) in [6.07, 6.45) is 3.24. The molecule has 1 saturated heterocycles. The molecule has 0 aliphatic carbocycles. The van der Waals surface area contributed by atoms with Crippen molar-refractivity contribution in [1.29, 1.82) is 0 Å². The molecule has 0 unspecified atom stereocenters. The highest BCUT2D eigenvalue weighted by molar-refractivity contribution is 5.95. The van der Waals surface area contributed by atoms with E-state index in [2.05, 4.69) is 34.4 Å². The Balaban J connectivity index is 1.33. The number of hydrogen-bond donors (Lipinski definition) is 2. The van der Waals surface area contributed by atoms with Gasteiger partial charge in [-0.25, -0.2) is 9.97 Å². The van der Waals surface area contributed by atoms with E-state index in [0.717, 1.165) is 30.0 Å². The third-order valence-corrected chi connectivity index (χ3v) is 7.46. The third kappa shape index (κ3) is 7.83. The number of methoxy groups -OCH3 is 1. The monoisotopic (exact) mass is 573 g/mol. The van der Waals surface area contributed by atoms with Crippen molar-refractivity contribution in [2.75, 3.05) is 26.7 Å². The molecular weight excluding hydrogens is 534 g/mol. The molecule has 1 aromatic heterocycles. The second kappa shape index (κ2) is 13.8. The van der Waals surface area contributed by atoms with Crippen LogP contribution in [0, 0.1) is 0 Å². The molecule has 2 N–H and O–H groups in total. The van der Waals surface area contributed by atoms with Crippen molar-refractivity contribution in [2.24, 2.45) is 0 Å². The number of piperidine rings is 1. The van der Waals surface area contributed by atoms with E-state index >= 15 is 0 Å². The van der Waals surface area contributed by atoms with Crippen molar-refractivity contribution in [3.8, 4) is 17.2 Å². The minimum Gasteiger partial charge on any atom is -0.497 e. The van der Waals surface area contributed by atoms with Crippen LogP contribution in [-0.2, 0) is 22.7 Å². The molecular formula is C32H39N5O5. The number of ether oxygens (including phenoxy) is 3. The van der Waals surface area contributed by atoms with E-state index in [1.54, 1.807) is 25.3 Å². The highest BCUT2D eigenvalue weighted by Crippen LogP contribution is 2.29. The van der Waals surface area contributed by atoms with Crippen molar-refractivity contribution >= 4 is 11.8 Å². The average Bonchev–Trinajstić information content (AvgIpc) is 2.98.